The molecule has 1 fully saturated rings. The molecule has 61 heavy (non-hydrogen) atoms. The van der Waals surface area contributed by atoms with Crippen molar-refractivity contribution in [3.63, 3.8) is 0 Å². The highest BCUT2D eigenvalue weighted by atomic mass is 16.7. The van der Waals surface area contributed by atoms with Crippen LogP contribution < -0.4 is 5.32 Å². The van der Waals surface area contributed by atoms with E-state index in [4.69, 9.17) is 9.47 Å². The smallest absolute Gasteiger partial charge is 0.249 e. The Hall–Kier alpha value is -1.15. The maximum atomic E-state index is 13.1. The number of unbranched alkanes of at least 4 members (excludes halogenated alkanes) is 29. The van der Waals surface area contributed by atoms with Crippen molar-refractivity contribution < 1.29 is 50.0 Å². The molecule has 1 amide bonds. The summed E-state index contributed by atoms with van der Waals surface area (Å²) in [4.78, 5) is 13.1. The standard InChI is InChI=1S/C50H97NO10/c1-3-5-7-9-11-13-15-17-19-21-22-24-25-27-29-31-33-35-37-42(53)45(55)41(40-60-50-48(58)47(57)46(56)44(39-52)61-50)51-49(59)43(54)38-36-34-32-30-28-26-23-20-18-16-14-12-10-8-6-4-2/h29,31,41-48,50,52-58H,3-28,30,32-40H2,1-2H3,(H,51,59)/b31-29+. The van der Waals surface area contributed by atoms with Crippen molar-refractivity contribution >= 4 is 5.91 Å². The fraction of sp³-hybridized carbons (Fsp3) is 0.940. The highest BCUT2D eigenvalue weighted by molar-refractivity contribution is 5.80. The van der Waals surface area contributed by atoms with Crippen molar-refractivity contribution in [3.05, 3.63) is 12.2 Å². The maximum Gasteiger partial charge on any atom is 0.249 e. The Balaban J connectivity index is 2.41. The molecule has 1 heterocycles. The van der Waals surface area contributed by atoms with Gasteiger partial charge in [0, 0.05) is 0 Å². The summed E-state index contributed by atoms with van der Waals surface area (Å²) in [5.41, 5.74) is 0. The highest BCUT2D eigenvalue weighted by Crippen LogP contribution is 2.23. The number of carbonyl (C=O) groups excluding carboxylic acids is 1. The van der Waals surface area contributed by atoms with Crippen LogP contribution in [0.1, 0.15) is 232 Å². The van der Waals surface area contributed by atoms with Gasteiger partial charge < -0.3 is 50.5 Å². The average Bonchev–Trinajstić information content (AvgIpc) is 3.26. The molecular formula is C50H97NO10. The normalized spacial score (nSPS) is 21.5. The number of ether oxygens (including phenoxy) is 2. The van der Waals surface area contributed by atoms with Gasteiger partial charge in [-0.25, -0.2) is 0 Å². The Kier molecular flexibility index (Phi) is 38.3. The molecule has 0 aromatic rings. The number of hydrogen-bond donors (Lipinski definition) is 8. The summed E-state index contributed by atoms with van der Waals surface area (Å²) in [7, 11) is 0. The predicted molar refractivity (Wildman–Crippen MR) is 247 cm³/mol. The molecule has 0 aromatic carbocycles. The van der Waals surface area contributed by atoms with Gasteiger partial charge in [-0.1, -0.05) is 206 Å². The first-order chi connectivity index (χ1) is 29.7. The van der Waals surface area contributed by atoms with Gasteiger partial charge in [0.1, 0.15) is 36.6 Å². The molecule has 362 valence electrons. The van der Waals surface area contributed by atoms with Crippen LogP contribution in [-0.2, 0) is 14.3 Å². The van der Waals surface area contributed by atoms with Gasteiger partial charge in [-0.3, -0.25) is 4.79 Å². The summed E-state index contributed by atoms with van der Waals surface area (Å²) in [5.74, 6) is -0.703. The van der Waals surface area contributed by atoms with Crippen LogP contribution in [0, 0.1) is 0 Å². The van der Waals surface area contributed by atoms with Crippen LogP contribution >= 0.6 is 0 Å². The van der Waals surface area contributed by atoms with Crippen LogP contribution in [0.3, 0.4) is 0 Å². The number of aliphatic hydroxyl groups is 7. The summed E-state index contributed by atoms with van der Waals surface area (Å²) in [6.45, 7) is 3.45. The molecule has 0 aromatic heterocycles. The third-order valence-corrected chi connectivity index (χ3v) is 12.6. The highest BCUT2D eigenvalue weighted by Gasteiger charge is 2.44. The number of nitrogens with one attached hydrogen (secondary N) is 1. The fourth-order valence-corrected chi connectivity index (χ4v) is 8.32. The van der Waals surface area contributed by atoms with Crippen LogP contribution in [0.5, 0.6) is 0 Å². The third kappa shape index (κ3) is 29.8. The lowest BCUT2D eigenvalue weighted by atomic mass is 9.98. The quantitative estimate of drug-likeness (QED) is 0.0217. The minimum absolute atomic E-state index is 0.259. The summed E-state index contributed by atoms with van der Waals surface area (Å²) >= 11 is 0. The largest absolute Gasteiger partial charge is 0.394 e. The first-order valence-corrected chi connectivity index (χ1v) is 25.6. The van der Waals surface area contributed by atoms with Crippen LogP contribution in [0.25, 0.3) is 0 Å². The van der Waals surface area contributed by atoms with E-state index in [9.17, 15) is 40.5 Å². The Labute approximate surface area is 372 Å². The van der Waals surface area contributed by atoms with Gasteiger partial charge in [-0.2, -0.15) is 0 Å². The van der Waals surface area contributed by atoms with E-state index in [1.165, 1.54) is 154 Å². The Morgan fingerprint density at radius 3 is 1.41 bits per heavy atom. The second-order valence-corrected chi connectivity index (χ2v) is 18.2. The number of rotatable bonds is 43. The van der Waals surface area contributed by atoms with Crippen LogP contribution in [-0.4, -0.2) is 110 Å². The lowest BCUT2D eigenvalue weighted by Crippen LogP contribution is -2.60. The van der Waals surface area contributed by atoms with Gasteiger partial charge in [-0.05, 0) is 38.5 Å². The molecule has 1 saturated heterocycles. The van der Waals surface area contributed by atoms with Gasteiger partial charge in [0.25, 0.3) is 0 Å². The first-order valence-electron chi connectivity index (χ1n) is 25.6. The van der Waals surface area contributed by atoms with Gasteiger partial charge in [-0.15, -0.1) is 0 Å². The maximum absolute atomic E-state index is 13.1. The summed E-state index contributed by atoms with van der Waals surface area (Å²) in [6.07, 6.45) is 32.6. The predicted octanol–water partition coefficient (Wildman–Crippen LogP) is 9.23. The molecule has 11 nitrogen and oxygen atoms in total. The number of hydrogen-bond acceptors (Lipinski definition) is 10. The lowest BCUT2D eigenvalue weighted by Gasteiger charge is -2.40. The third-order valence-electron chi connectivity index (χ3n) is 12.6. The molecule has 0 bridgehead atoms. The molecule has 1 aliphatic rings. The zero-order chi connectivity index (χ0) is 44.8. The van der Waals surface area contributed by atoms with Crippen molar-refractivity contribution in [3.8, 4) is 0 Å². The van der Waals surface area contributed by atoms with E-state index >= 15 is 0 Å². The summed E-state index contributed by atoms with van der Waals surface area (Å²) in [6, 6.07) is -1.18. The molecule has 9 unspecified atom stereocenters. The number of allylic oxidation sites excluding steroid dienone is 2. The number of carbonyl (C=O) groups is 1. The minimum Gasteiger partial charge on any atom is -0.394 e. The van der Waals surface area contributed by atoms with E-state index in [0.717, 1.165) is 38.5 Å². The average molecular weight is 872 g/mol. The first kappa shape index (κ1) is 57.9. The van der Waals surface area contributed by atoms with Crippen molar-refractivity contribution in [2.24, 2.45) is 0 Å². The zero-order valence-electron chi connectivity index (χ0n) is 39.2. The van der Waals surface area contributed by atoms with Crippen LogP contribution in [0.4, 0.5) is 0 Å². The SMILES string of the molecule is CCCCCCCCCCCCCCC/C=C/CCCC(O)C(O)C(COC1OC(CO)C(O)C(O)C1O)NC(=O)C(O)CCCCCCCCCCCCCCCCCC. The van der Waals surface area contributed by atoms with E-state index < -0.39 is 74.2 Å². The topological polar surface area (TPSA) is 189 Å². The monoisotopic (exact) mass is 872 g/mol. The van der Waals surface area contributed by atoms with E-state index in [0.29, 0.717) is 12.8 Å². The Morgan fingerprint density at radius 2 is 0.967 bits per heavy atom. The van der Waals surface area contributed by atoms with Crippen molar-refractivity contribution in [2.75, 3.05) is 13.2 Å². The van der Waals surface area contributed by atoms with E-state index in [2.05, 4.69) is 31.3 Å². The van der Waals surface area contributed by atoms with Crippen LogP contribution in [0.2, 0.25) is 0 Å². The molecule has 8 N–H and O–H groups in total. The molecule has 0 aliphatic carbocycles. The van der Waals surface area contributed by atoms with Crippen molar-refractivity contribution in [1.29, 1.82) is 0 Å². The molecule has 0 saturated carbocycles. The van der Waals surface area contributed by atoms with Crippen molar-refractivity contribution in [2.45, 2.75) is 287 Å². The van der Waals surface area contributed by atoms with E-state index in [1.807, 2.05) is 0 Å². The molecule has 9 atom stereocenters. The van der Waals surface area contributed by atoms with Gasteiger partial charge in [0.2, 0.25) is 5.91 Å². The summed E-state index contributed by atoms with van der Waals surface area (Å²) < 4.78 is 11.1. The lowest BCUT2D eigenvalue weighted by molar-refractivity contribution is -0.303. The van der Waals surface area contributed by atoms with Crippen LogP contribution in [0.15, 0.2) is 12.2 Å². The molecule has 1 rings (SSSR count). The Morgan fingerprint density at radius 1 is 0.557 bits per heavy atom. The zero-order valence-corrected chi connectivity index (χ0v) is 39.2. The van der Waals surface area contributed by atoms with Gasteiger partial charge in [0.05, 0.1) is 25.4 Å². The molecule has 0 spiro atoms. The molecular weight excluding hydrogens is 775 g/mol. The second-order valence-electron chi connectivity index (χ2n) is 18.2. The van der Waals surface area contributed by atoms with E-state index in [-0.39, 0.29) is 12.8 Å². The van der Waals surface area contributed by atoms with Gasteiger partial charge in [0.15, 0.2) is 6.29 Å². The number of amides is 1. The molecule has 11 heteroatoms. The molecule has 1 aliphatic heterocycles. The second kappa shape index (κ2) is 40.4. The van der Waals surface area contributed by atoms with Gasteiger partial charge >= 0.3 is 0 Å². The van der Waals surface area contributed by atoms with E-state index in [1.54, 1.807) is 0 Å². The minimum atomic E-state index is -1.66. The number of aliphatic hydroxyl groups excluding tert-OH is 7. The summed E-state index contributed by atoms with van der Waals surface area (Å²) in [5, 5.41) is 75.8. The van der Waals surface area contributed by atoms with Crippen molar-refractivity contribution in [1.82, 2.24) is 5.32 Å². The Bertz CT molecular complexity index is 1000. The fourth-order valence-electron chi connectivity index (χ4n) is 8.32. The molecule has 0 radical (unpaired) electrons.